The summed E-state index contributed by atoms with van der Waals surface area (Å²) in [6.07, 6.45) is 4.98. The van der Waals surface area contributed by atoms with Crippen LogP contribution < -0.4 is 0 Å². The van der Waals surface area contributed by atoms with Gasteiger partial charge in [-0.25, -0.2) is 0 Å². The van der Waals surface area contributed by atoms with E-state index in [1.165, 1.54) is 12.0 Å². The molecule has 0 saturated heterocycles. The van der Waals surface area contributed by atoms with Gasteiger partial charge in [0.15, 0.2) is 0 Å². The molecule has 0 radical (unpaired) electrons. The van der Waals surface area contributed by atoms with E-state index in [0.717, 1.165) is 25.7 Å². The van der Waals surface area contributed by atoms with Crippen LogP contribution in [0.4, 0.5) is 0 Å². The van der Waals surface area contributed by atoms with Crippen molar-refractivity contribution < 1.29 is 4.79 Å². The second kappa shape index (κ2) is 4.87. The highest BCUT2D eigenvalue weighted by Crippen LogP contribution is 2.45. The lowest BCUT2D eigenvalue weighted by Crippen LogP contribution is -2.42. The van der Waals surface area contributed by atoms with Crippen molar-refractivity contribution in [3.63, 3.8) is 0 Å². The fraction of sp³-hybridized carbons (Fsp3) is 0.588. The van der Waals surface area contributed by atoms with Crippen molar-refractivity contribution in [1.82, 2.24) is 0 Å². The zero-order chi connectivity index (χ0) is 13.2. The van der Waals surface area contributed by atoms with Crippen LogP contribution in [0.5, 0.6) is 0 Å². The Morgan fingerprint density at radius 3 is 2.22 bits per heavy atom. The van der Waals surface area contributed by atoms with Crippen molar-refractivity contribution in [1.29, 1.82) is 0 Å². The molecule has 98 valence electrons. The lowest BCUT2D eigenvalue weighted by Gasteiger charge is -2.41. The van der Waals surface area contributed by atoms with Crippen LogP contribution in [-0.4, -0.2) is 5.78 Å². The molecule has 0 aliphatic heterocycles. The molecule has 1 fully saturated rings. The lowest BCUT2D eigenvalue weighted by atomic mass is 9.61. The smallest absolute Gasteiger partial charge is 0.143 e. The predicted octanol–water partition coefficient (Wildman–Crippen LogP) is 4.50. The van der Waals surface area contributed by atoms with Gasteiger partial charge in [-0.15, -0.1) is 0 Å². The molecule has 1 aromatic carbocycles. The Bertz CT molecular complexity index is 407. The molecule has 0 unspecified atom stereocenters. The number of rotatable bonds is 4. The third kappa shape index (κ3) is 2.66. The summed E-state index contributed by atoms with van der Waals surface area (Å²) in [4.78, 5) is 12.6. The molecular weight excluding hydrogens is 220 g/mol. The second-order valence-corrected chi connectivity index (χ2v) is 6.79. The van der Waals surface area contributed by atoms with E-state index in [2.05, 4.69) is 32.9 Å². The summed E-state index contributed by atoms with van der Waals surface area (Å²) in [6.45, 7) is 6.61. The van der Waals surface area contributed by atoms with Crippen molar-refractivity contribution in [2.45, 2.75) is 58.3 Å². The molecule has 0 spiro atoms. The minimum atomic E-state index is -0.146. The molecular formula is C17H24O. The predicted molar refractivity (Wildman–Crippen MR) is 75.7 cm³/mol. The Balaban J connectivity index is 2.11. The largest absolute Gasteiger partial charge is 0.299 e. The van der Waals surface area contributed by atoms with E-state index in [4.69, 9.17) is 0 Å². The first-order valence-electron chi connectivity index (χ1n) is 7.03. The number of hydrogen-bond acceptors (Lipinski definition) is 1. The molecule has 1 saturated carbocycles. The van der Waals surface area contributed by atoms with Crippen LogP contribution in [0.25, 0.3) is 0 Å². The van der Waals surface area contributed by atoms with Gasteiger partial charge in [-0.05, 0) is 30.2 Å². The van der Waals surface area contributed by atoms with Gasteiger partial charge in [0.2, 0.25) is 0 Å². The summed E-state index contributed by atoms with van der Waals surface area (Å²) in [5, 5.41) is 0. The maximum atomic E-state index is 12.6. The minimum absolute atomic E-state index is 0.146. The third-order valence-electron chi connectivity index (χ3n) is 4.17. The summed E-state index contributed by atoms with van der Waals surface area (Å²) in [7, 11) is 0. The van der Waals surface area contributed by atoms with Crippen molar-refractivity contribution in [3.8, 4) is 0 Å². The topological polar surface area (TPSA) is 17.1 Å². The number of carbonyl (C=O) groups is 1. The Morgan fingerprint density at radius 1 is 1.17 bits per heavy atom. The Hall–Kier alpha value is -1.11. The number of Topliss-reactive ketones (excluding diaryl/α,β-unsaturated/α-hetero) is 1. The van der Waals surface area contributed by atoms with E-state index in [-0.39, 0.29) is 10.8 Å². The van der Waals surface area contributed by atoms with Crippen LogP contribution in [0.1, 0.15) is 58.4 Å². The Morgan fingerprint density at radius 2 is 1.78 bits per heavy atom. The average Bonchev–Trinajstić information content (AvgIpc) is 2.25. The molecule has 0 N–H and O–H groups in total. The molecule has 0 heterocycles. The first-order valence-corrected chi connectivity index (χ1v) is 7.03. The fourth-order valence-electron chi connectivity index (χ4n) is 2.74. The highest BCUT2D eigenvalue weighted by molar-refractivity contribution is 5.91. The number of benzene rings is 1. The molecule has 0 aromatic heterocycles. The third-order valence-corrected chi connectivity index (χ3v) is 4.17. The average molecular weight is 244 g/mol. The SMILES string of the molecule is CC(C)(C)CCC(=O)C1(c2ccccc2)CCC1. The maximum absolute atomic E-state index is 12.6. The summed E-state index contributed by atoms with van der Waals surface area (Å²) in [5.41, 5.74) is 1.33. The minimum Gasteiger partial charge on any atom is -0.299 e. The van der Waals surface area contributed by atoms with Gasteiger partial charge in [-0.2, -0.15) is 0 Å². The van der Waals surface area contributed by atoms with E-state index < -0.39 is 0 Å². The van der Waals surface area contributed by atoms with E-state index in [1.807, 2.05) is 18.2 Å². The molecule has 0 amide bonds. The maximum Gasteiger partial charge on any atom is 0.143 e. The second-order valence-electron chi connectivity index (χ2n) is 6.79. The highest BCUT2D eigenvalue weighted by Gasteiger charge is 2.44. The quantitative estimate of drug-likeness (QED) is 0.762. The van der Waals surface area contributed by atoms with Crippen LogP contribution >= 0.6 is 0 Å². The zero-order valence-corrected chi connectivity index (χ0v) is 11.8. The van der Waals surface area contributed by atoms with Crippen molar-refractivity contribution in [3.05, 3.63) is 35.9 Å². The van der Waals surface area contributed by atoms with Crippen LogP contribution in [0.2, 0.25) is 0 Å². The summed E-state index contributed by atoms with van der Waals surface area (Å²) in [5.74, 6) is 0.454. The van der Waals surface area contributed by atoms with E-state index in [0.29, 0.717) is 5.78 Å². The van der Waals surface area contributed by atoms with Gasteiger partial charge in [0.05, 0.1) is 5.41 Å². The van der Waals surface area contributed by atoms with Gasteiger partial charge in [-0.1, -0.05) is 57.5 Å². The summed E-state index contributed by atoms with van der Waals surface area (Å²) >= 11 is 0. The van der Waals surface area contributed by atoms with E-state index >= 15 is 0 Å². The molecule has 1 heteroatoms. The van der Waals surface area contributed by atoms with Crippen molar-refractivity contribution >= 4 is 5.78 Å². The van der Waals surface area contributed by atoms with Crippen molar-refractivity contribution in [2.24, 2.45) is 5.41 Å². The first kappa shape index (κ1) is 13.3. The molecule has 1 aliphatic rings. The molecule has 1 aliphatic carbocycles. The molecule has 1 nitrogen and oxygen atoms in total. The fourth-order valence-corrected chi connectivity index (χ4v) is 2.74. The van der Waals surface area contributed by atoms with Crippen LogP contribution in [-0.2, 0) is 10.2 Å². The summed E-state index contributed by atoms with van der Waals surface area (Å²) < 4.78 is 0. The first-order chi connectivity index (χ1) is 8.44. The van der Waals surface area contributed by atoms with Crippen molar-refractivity contribution in [2.75, 3.05) is 0 Å². The van der Waals surface area contributed by atoms with Gasteiger partial charge < -0.3 is 0 Å². The molecule has 18 heavy (non-hydrogen) atoms. The van der Waals surface area contributed by atoms with Gasteiger partial charge in [0.25, 0.3) is 0 Å². The van der Waals surface area contributed by atoms with E-state index in [1.54, 1.807) is 0 Å². The Labute approximate surface area is 111 Å². The number of hydrogen-bond donors (Lipinski definition) is 0. The van der Waals surface area contributed by atoms with Gasteiger partial charge in [0.1, 0.15) is 5.78 Å². The van der Waals surface area contributed by atoms with Crippen LogP contribution in [0.15, 0.2) is 30.3 Å². The van der Waals surface area contributed by atoms with E-state index in [9.17, 15) is 4.79 Å². The van der Waals surface area contributed by atoms with Crippen LogP contribution in [0, 0.1) is 5.41 Å². The molecule has 0 bridgehead atoms. The summed E-state index contributed by atoms with van der Waals surface area (Å²) in [6, 6.07) is 10.4. The van der Waals surface area contributed by atoms with Gasteiger partial charge in [-0.3, -0.25) is 4.79 Å². The zero-order valence-electron chi connectivity index (χ0n) is 11.8. The molecule has 2 rings (SSSR count). The number of carbonyl (C=O) groups excluding carboxylic acids is 1. The Kier molecular flexibility index (Phi) is 3.61. The molecule has 1 aromatic rings. The number of ketones is 1. The monoisotopic (exact) mass is 244 g/mol. The van der Waals surface area contributed by atoms with Gasteiger partial charge >= 0.3 is 0 Å². The van der Waals surface area contributed by atoms with Crippen LogP contribution in [0.3, 0.4) is 0 Å². The van der Waals surface area contributed by atoms with Gasteiger partial charge in [0, 0.05) is 6.42 Å². The lowest BCUT2D eigenvalue weighted by molar-refractivity contribution is -0.128. The standard InChI is InChI=1S/C17H24O/c1-16(2,3)13-10-15(18)17(11-7-12-17)14-8-5-4-6-9-14/h4-6,8-9H,7,10-13H2,1-3H3. The molecule has 0 atom stereocenters. The highest BCUT2D eigenvalue weighted by atomic mass is 16.1. The normalized spacial score (nSPS) is 18.2.